The quantitative estimate of drug-likeness (QED) is 0.672. The maximum atomic E-state index is 11.8. The summed E-state index contributed by atoms with van der Waals surface area (Å²) in [5, 5.41) is 18.2. The van der Waals surface area contributed by atoms with Gasteiger partial charge in [-0.2, -0.15) is 4.52 Å². The Morgan fingerprint density at radius 2 is 2.14 bits per heavy atom. The zero-order valence-electron chi connectivity index (χ0n) is 12.0. The van der Waals surface area contributed by atoms with Crippen LogP contribution in [0.3, 0.4) is 0 Å². The molecule has 0 spiro atoms. The number of aryl methyl sites for hydroxylation is 1. The number of hydrogen-bond donors (Lipinski definition) is 2. The highest BCUT2D eigenvalue weighted by molar-refractivity contribution is 5.93. The number of hydrogen-bond acceptors (Lipinski definition) is 6. The molecule has 0 saturated carbocycles. The molecule has 0 bridgehead atoms. The summed E-state index contributed by atoms with van der Waals surface area (Å²) in [6, 6.07) is 7.11. The van der Waals surface area contributed by atoms with Crippen molar-refractivity contribution in [3.05, 3.63) is 48.0 Å². The molecule has 3 heterocycles. The minimum atomic E-state index is -0.145. The number of amides is 1. The van der Waals surface area contributed by atoms with Gasteiger partial charge in [0.25, 0.3) is 5.91 Å². The lowest BCUT2D eigenvalue weighted by Gasteiger charge is -2.07. The van der Waals surface area contributed by atoms with E-state index in [0.717, 1.165) is 5.82 Å². The number of nitrogens with zero attached hydrogens (tertiary/aromatic N) is 5. The Balaban J connectivity index is 1.52. The Bertz CT molecular complexity index is 784. The van der Waals surface area contributed by atoms with Crippen LogP contribution in [-0.2, 0) is 0 Å². The van der Waals surface area contributed by atoms with Crippen LogP contribution in [0.25, 0.3) is 5.65 Å². The van der Waals surface area contributed by atoms with Crippen LogP contribution in [0.5, 0.6) is 0 Å². The Morgan fingerprint density at radius 3 is 2.95 bits per heavy atom. The Kier molecular flexibility index (Phi) is 3.90. The summed E-state index contributed by atoms with van der Waals surface area (Å²) in [5.41, 5.74) is 1.25. The van der Waals surface area contributed by atoms with E-state index in [1.54, 1.807) is 22.8 Å². The molecule has 8 nitrogen and oxygen atoms in total. The number of carbonyl (C=O) groups excluding carboxylic acids is 1. The minimum Gasteiger partial charge on any atom is -0.367 e. The molecule has 0 aliphatic rings. The standard InChI is InChI=1S/C14H15N7O/c1-10-18-19-13-5-4-12(20-21(10)13)16-7-8-17-14(22)11-3-2-6-15-9-11/h2-6,9H,7-8H2,1H3,(H,16,20)(H,17,22). The van der Waals surface area contributed by atoms with E-state index in [9.17, 15) is 4.79 Å². The fourth-order valence-corrected chi connectivity index (χ4v) is 1.96. The second-order valence-corrected chi connectivity index (χ2v) is 4.66. The topological polar surface area (TPSA) is 97.1 Å². The van der Waals surface area contributed by atoms with E-state index in [0.29, 0.717) is 30.1 Å². The van der Waals surface area contributed by atoms with Crippen LogP contribution in [0.15, 0.2) is 36.7 Å². The number of anilines is 1. The molecular weight excluding hydrogens is 282 g/mol. The maximum absolute atomic E-state index is 11.8. The van der Waals surface area contributed by atoms with Crippen molar-refractivity contribution in [3.63, 3.8) is 0 Å². The van der Waals surface area contributed by atoms with Crippen molar-refractivity contribution in [1.82, 2.24) is 30.1 Å². The normalized spacial score (nSPS) is 10.6. The van der Waals surface area contributed by atoms with Crippen molar-refractivity contribution < 1.29 is 4.79 Å². The van der Waals surface area contributed by atoms with Gasteiger partial charge in [-0.1, -0.05) is 0 Å². The first kappa shape index (κ1) is 13.9. The number of fused-ring (bicyclic) bond motifs is 1. The summed E-state index contributed by atoms with van der Waals surface area (Å²) in [4.78, 5) is 15.7. The molecule has 2 N–H and O–H groups in total. The monoisotopic (exact) mass is 297 g/mol. The van der Waals surface area contributed by atoms with Gasteiger partial charge in [0.05, 0.1) is 5.56 Å². The molecule has 112 valence electrons. The third-order valence-corrected chi connectivity index (χ3v) is 3.06. The molecule has 0 aliphatic heterocycles. The predicted molar refractivity (Wildman–Crippen MR) is 80.6 cm³/mol. The summed E-state index contributed by atoms with van der Waals surface area (Å²) < 4.78 is 1.66. The molecule has 0 fully saturated rings. The summed E-state index contributed by atoms with van der Waals surface area (Å²) in [6.45, 7) is 2.88. The molecule has 0 aromatic carbocycles. The number of carbonyl (C=O) groups is 1. The molecular formula is C14H15N7O. The molecule has 1 amide bonds. The van der Waals surface area contributed by atoms with E-state index < -0.39 is 0 Å². The first-order valence-electron chi connectivity index (χ1n) is 6.85. The summed E-state index contributed by atoms with van der Waals surface area (Å²) >= 11 is 0. The summed E-state index contributed by atoms with van der Waals surface area (Å²) in [7, 11) is 0. The molecule has 8 heteroatoms. The Labute approximate surface area is 126 Å². The lowest BCUT2D eigenvalue weighted by Crippen LogP contribution is -2.29. The van der Waals surface area contributed by atoms with Crippen LogP contribution in [0.2, 0.25) is 0 Å². The molecule has 0 atom stereocenters. The first-order chi connectivity index (χ1) is 10.7. The number of aromatic nitrogens is 5. The van der Waals surface area contributed by atoms with Crippen molar-refractivity contribution in [1.29, 1.82) is 0 Å². The fraction of sp³-hybridized carbons (Fsp3) is 0.214. The fourth-order valence-electron chi connectivity index (χ4n) is 1.96. The second-order valence-electron chi connectivity index (χ2n) is 4.66. The first-order valence-corrected chi connectivity index (χ1v) is 6.85. The maximum Gasteiger partial charge on any atom is 0.252 e. The van der Waals surface area contributed by atoms with Crippen LogP contribution >= 0.6 is 0 Å². The van der Waals surface area contributed by atoms with Crippen molar-refractivity contribution in [2.45, 2.75) is 6.92 Å². The number of rotatable bonds is 5. The van der Waals surface area contributed by atoms with Gasteiger partial charge in [-0.3, -0.25) is 9.78 Å². The van der Waals surface area contributed by atoms with E-state index in [1.807, 2.05) is 19.1 Å². The van der Waals surface area contributed by atoms with Crippen molar-refractivity contribution in [2.75, 3.05) is 18.4 Å². The second kappa shape index (κ2) is 6.17. The van der Waals surface area contributed by atoms with Gasteiger partial charge in [-0.25, -0.2) is 0 Å². The van der Waals surface area contributed by atoms with E-state index in [4.69, 9.17) is 0 Å². The highest BCUT2D eigenvalue weighted by Gasteiger charge is 2.05. The lowest BCUT2D eigenvalue weighted by atomic mass is 10.3. The van der Waals surface area contributed by atoms with Gasteiger partial charge in [0.15, 0.2) is 11.5 Å². The van der Waals surface area contributed by atoms with Gasteiger partial charge in [0.1, 0.15) is 5.82 Å². The molecule has 0 unspecified atom stereocenters. The number of pyridine rings is 1. The van der Waals surface area contributed by atoms with Gasteiger partial charge in [0.2, 0.25) is 0 Å². The van der Waals surface area contributed by atoms with Crippen LogP contribution in [0.4, 0.5) is 5.82 Å². The molecule has 3 rings (SSSR count). The van der Waals surface area contributed by atoms with Gasteiger partial charge in [-0.15, -0.1) is 15.3 Å². The zero-order valence-corrected chi connectivity index (χ0v) is 12.0. The largest absolute Gasteiger partial charge is 0.367 e. The highest BCUT2D eigenvalue weighted by atomic mass is 16.1. The van der Waals surface area contributed by atoms with Crippen LogP contribution in [0, 0.1) is 6.92 Å². The Hall–Kier alpha value is -3.03. The highest BCUT2D eigenvalue weighted by Crippen LogP contribution is 2.05. The van der Waals surface area contributed by atoms with Crippen molar-refractivity contribution in [3.8, 4) is 0 Å². The molecule has 3 aromatic rings. The molecule has 0 saturated heterocycles. The van der Waals surface area contributed by atoms with Crippen molar-refractivity contribution >= 4 is 17.4 Å². The zero-order chi connectivity index (χ0) is 15.4. The van der Waals surface area contributed by atoms with Crippen LogP contribution < -0.4 is 10.6 Å². The van der Waals surface area contributed by atoms with Gasteiger partial charge >= 0.3 is 0 Å². The van der Waals surface area contributed by atoms with Gasteiger partial charge < -0.3 is 10.6 Å². The molecule has 0 radical (unpaired) electrons. The summed E-state index contributed by atoms with van der Waals surface area (Å²) in [6.07, 6.45) is 3.17. The van der Waals surface area contributed by atoms with Gasteiger partial charge in [-0.05, 0) is 31.2 Å². The average molecular weight is 297 g/mol. The smallest absolute Gasteiger partial charge is 0.252 e. The summed E-state index contributed by atoms with van der Waals surface area (Å²) in [5.74, 6) is 1.28. The predicted octanol–water partition coefficient (Wildman–Crippen LogP) is 0.670. The third-order valence-electron chi connectivity index (χ3n) is 3.06. The van der Waals surface area contributed by atoms with Crippen LogP contribution in [0.1, 0.15) is 16.2 Å². The van der Waals surface area contributed by atoms with E-state index in [1.165, 1.54) is 6.20 Å². The minimum absolute atomic E-state index is 0.145. The average Bonchev–Trinajstić information content (AvgIpc) is 2.93. The molecule has 3 aromatic heterocycles. The SMILES string of the molecule is Cc1nnc2ccc(NCCNC(=O)c3cccnc3)nn12. The van der Waals surface area contributed by atoms with Gasteiger partial charge in [0, 0.05) is 25.5 Å². The lowest BCUT2D eigenvalue weighted by molar-refractivity contribution is 0.0955. The van der Waals surface area contributed by atoms with E-state index in [-0.39, 0.29) is 5.91 Å². The van der Waals surface area contributed by atoms with E-state index >= 15 is 0 Å². The van der Waals surface area contributed by atoms with Crippen molar-refractivity contribution in [2.24, 2.45) is 0 Å². The van der Waals surface area contributed by atoms with E-state index in [2.05, 4.69) is 30.9 Å². The third kappa shape index (κ3) is 3.00. The molecule has 0 aliphatic carbocycles. The number of nitrogens with one attached hydrogen (secondary N) is 2. The van der Waals surface area contributed by atoms with Crippen LogP contribution in [-0.4, -0.2) is 43.8 Å². The Morgan fingerprint density at radius 1 is 1.23 bits per heavy atom. The molecule has 22 heavy (non-hydrogen) atoms.